The summed E-state index contributed by atoms with van der Waals surface area (Å²) in [5.41, 5.74) is 4.59. The van der Waals surface area contributed by atoms with Crippen LogP contribution >= 0.6 is 0 Å². The molecule has 2 aromatic carbocycles. The summed E-state index contributed by atoms with van der Waals surface area (Å²) in [5, 5.41) is 23.7. The molecule has 2 N–H and O–H groups in total. The Morgan fingerprint density at radius 2 is 2.08 bits per heavy atom. The number of nitrogens with one attached hydrogen (secondary N) is 1. The van der Waals surface area contributed by atoms with Gasteiger partial charge in [-0.05, 0) is 72.3 Å². The van der Waals surface area contributed by atoms with Crippen LogP contribution in [0.5, 0.6) is 5.75 Å². The molecular formula is C27H33N5O3Si. The van der Waals surface area contributed by atoms with Gasteiger partial charge in [0.1, 0.15) is 17.3 Å². The highest BCUT2D eigenvalue weighted by Crippen LogP contribution is 2.38. The summed E-state index contributed by atoms with van der Waals surface area (Å²) >= 11 is 0. The van der Waals surface area contributed by atoms with Gasteiger partial charge >= 0.3 is 0 Å². The maximum atomic E-state index is 10.1. The van der Waals surface area contributed by atoms with E-state index in [1.807, 2.05) is 25.5 Å². The maximum absolute atomic E-state index is 10.1. The Morgan fingerprint density at radius 1 is 1.22 bits per heavy atom. The third kappa shape index (κ3) is 3.95. The van der Waals surface area contributed by atoms with E-state index in [4.69, 9.17) is 14.1 Å². The highest BCUT2D eigenvalue weighted by Gasteiger charge is 2.50. The minimum atomic E-state index is -1.94. The molecule has 2 fully saturated rings. The van der Waals surface area contributed by atoms with Crippen LogP contribution in [0.4, 0.5) is 0 Å². The van der Waals surface area contributed by atoms with Crippen molar-refractivity contribution in [2.45, 2.75) is 57.0 Å². The first-order valence-electron chi connectivity index (χ1n) is 12.8. The third-order valence-corrected chi connectivity index (χ3v) is 13.5. The van der Waals surface area contributed by atoms with Gasteiger partial charge in [0, 0.05) is 25.2 Å². The van der Waals surface area contributed by atoms with E-state index in [1.54, 1.807) is 7.11 Å². The molecule has 9 heteroatoms. The first-order chi connectivity index (χ1) is 17.5. The quantitative estimate of drug-likeness (QED) is 0.374. The Morgan fingerprint density at radius 3 is 2.78 bits per heavy atom. The number of fused-ring (bicyclic) bond motifs is 1. The van der Waals surface area contributed by atoms with Crippen LogP contribution < -0.4 is 20.7 Å². The summed E-state index contributed by atoms with van der Waals surface area (Å²) in [6, 6.07) is 15.2. The predicted octanol–water partition coefficient (Wildman–Crippen LogP) is 2.85. The van der Waals surface area contributed by atoms with Crippen molar-refractivity contribution in [1.82, 2.24) is 25.1 Å². The van der Waals surface area contributed by atoms with Crippen LogP contribution in [0.1, 0.15) is 31.7 Å². The minimum Gasteiger partial charge on any atom is -0.493 e. The zero-order chi connectivity index (χ0) is 24.9. The fourth-order valence-electron chi connectivity index (χ4n) is 6.21. The molecule has 2 atom stereocenters. The third-order valence-electron chi connectivity index (χ3n) is 7.98. The van der Waals surface area contributed by atoms with Gasteiger partial charge in [0.15, 0.2) is 19.4 Å². The van der Waals surface area contributed by atoms with E-state index in [0.717, 1.165) is 41.4 Å². The van der Waals surface area contributed by atoms with Crippen molar-refractivity contribution in [3.05, 3.63) is 48.3 Å². The Labute approximate surface area is 211 Å². The molecule has 2 aromatic heterocycles. The van der Waals surface area contributed by atoms with Gasteiger partial charge in [-0.2, -0.15) is 0 Å². The van der Waals surface area contributed by atoms with Crippen molar-refractivity contribution in [3.8, 4) is 17.2 Å². The average molecular weight is 504 g/mol. The van der Waals surface area contributed by atoms with E-state index >= 15 is 0 Å². The van der Waals surface area contributed by atoms with Gasteiger partial charge in [0.2, 0.25) is 5.89 Å². The lowest BCUT2D eigenvalue weighted by molar-refractivity contribution is 0.148. The van der Waals surface area contributed by atoms with E-state index < -0.39 is 8.07 Å². The Hall–Kier alpha value is -3.01. The molecule has 3 heterocycles. The number of benzene rings is 2. The van der Waals surface area contributed by atoms with Crippen molar-refractivity contribution >= 4 is 29.8 Å². The van der Waals surface area contributed by atoms with E-state index in [0.29, 0.717) is 29.7 Å². The van der Waals surface area contributed by atoms with Gasteiger partial charge in [-0.15, -0.1) is 10.2 Å². The summed E-state index contributed by atoms with van der Waals surface area (Å²) in [6.45, 7) is 2.97. The second kappa shape index (κ2) is 9.13. The van der Waals surface area contributed by atoms with E-state index in [9.17, 15) is 5.11 Å². The van der Waals surface area contributed by atoms with Gasteiger partial charge in [-0.3, -0.25) is 0 Å². The molecule has 0 unspecified atom stereocenters. The molecule has 1 aliphatic carbocycles. The number of aliphatic hydroxyl groups is 1. The monoisotopic (exact) mass is 503 g/mol. The van der Waals surface area contributed by atoms with Gasteiger partial charge in [-0.25, -0.2) is 4.98 Å². The smallest absolute Gasteiger partial charge is 0.227 e. The van der Waals surface area contributed by atoms with Crippen molar-refractivity contribution < 1.29 is 14.3 Å². The molecule has 36 heavy (non-hydrogen) atoms. The predicted molar refractivity (Wildman–Crippen MR) is 141 cm³/mol. The van der Waals surface area contributed by atoms with Crippen LogP contribution in [-0.2, 0) is 13.6 Å². The second-order valence-electron chi connectivity index (χ2n) is 10.6. The molecule has 0 amide bonds. The second-order valence-corrected chi connectivity index (χ2v) is 14.6. The van der Waals surface area contributed by atoms with Gasteiger partial charge < -0.3 is 24.1 Å². The number of methoxy groups -OCH3 is 1. The molecule has 8 nitrogen and oxygen atoms in total. The summed E-state index contributed by atoms with van der Waals surface area (Å²) in [4.78, 5) is 4.87. The molecule has 4 aromatic rings. The Bertz CT molecular complexity index is 1390. The van der Waals surface area contributed by atoms with Crippen LogP contribution in [0, 0.1) is 5.92 Å². The van der Waals surface area contributed by atoms with Crippen molar-refractivity contribution in [3.63, 3.8) is 0 Å². The van der Waals surface area contributed by atoms with E-state index in [-0.39, 0.29) is 12.1 Å². The van der Waals surface area contributed by atoms with Crippen LogP contribution in [-0.4, -0.2) is 52.2 Å². The molecule has 0 spiro atoms. The summed E-state index contributed by atoms with van der Waals surface area (Å²) in [7, 11) is 1.76. The molecule has 1 saturated heterocycles. The van der Waals surface area contributed by atoms with Crippen LogP contribution in [0.2, 0.25) is 12.1 Å². The number of aromatic nitrogens is 4. The van der Waals surface area contributed by atoms with Crippen molar-refractivity contribution in [2.24, 2.45) is 13.0 Å². The SMILES string of the molecule is COc1cc(CN[C@@H]2CCC[C@@H]2O)cc2nc(-c3cccc([Si@]4(c5nncn5C)C[C@@H](C)C4)c3)oc12. The highest BCUT2D eigenvalue weighted by molar-refractivity contribution is 7.03. The lowest BCUT2D eigenvalue weighted by Crippen LogP contribution is -2.68. The zero-order valence-corrected chi connectivity index (χ0v) is 22.1. The number of hydrogen-bond acceptors (Lipinski definition) is 7. The Balaban J connectivity index is 1.33. The summed E-state index contributed by atoms with van der Waals surface area (Å²) in [5.74, 6) is 1.96. The van der Waals surface area contributed by atoms with Crippen molar-refractivity contribution in [2.75, 3.05) is 7.11 Å². The van der Waals surface area contributed by atoms with Gasteiger partial charge in [0.05, 0.1) is 13.2 Å². The standard InChI is InChI=1S/C27H33N5O3Si/c1-17-14-36(15-17,27-31-29-16-32(27)2)20-7-4-6-19(12-20)26-30-22-10-18(11-24(34-3)25(22)35-26)13-28-21-8-5-9-23(21)33/h4,6-7,10-12,16-17,21,23,28,33H,5,8-9,13-15H2,1-3H3/t17-,21-,23+,36+/m1/s1. The van der Waals surface area contributed by atoms with E-state index in [1.165, 1.54) is 17.3 Å². The molecule has 0 bridgehead atoms. The lowest BCUT2D eigenvalue weighted by Gasteiger charge is -2.43. The number of nitrogens with zero attached hydrogens (tertiary/aromatic N) is 4. The molecule has 2 aliphatic rings. The topological polar surface area (TPSA) is 98.2 Å². The molecule has 188 valence electrons. The first kappa shape index (κ1) is 23.4. The normalized spacial score (nSPS) is 25.8. The van der Waals surface area contributed by atoms with Crippen LogP contribution in [0.15, 0.2) is 47.1 Å². The first-order valence-corrected chi connectivity index (χ1v) is 15.2. The number of aliphatic hydroxyl groups excluding tert-OH is 1. The molecule has 1 aliphatic heterocycles. The fraction of sp³-hybridized carbons (Fsp3) is 0.444. The highest BCUT2D eigenvalue weighted by atomic mass is 28.3. The Kier molecular flexibility index (Phi) is 5.93. The molecular weight excluding hydrogens is 470 g/mol. The minimum absolute atomic E-state index is 0.141. The van der Waals surface area contributed by atoms with Gasteiger partial charge in [-0.1, -0.05) is 19.1 Å². The number of oxazole rings is 1. The zero-order valence-electron chi connectivity index (χ0n) is 21.1. The average Bonchev–Trinajstić information content (AvgIpc) is 3.60. The number of aryl methyl sites for hydroxylation is 1. The van der Waals surface area contributed by atoms with Gasteiger partial charge in [0.25, 0.3) is 0 Å². The van der Waals surface area contributed by atoms with E-state index in [2.05, 4.69) is 51.3 Å². The van der Waals surface area contributed by atoms with Crippen molar-refractivity contribution in [1.29, 1.82) is 0 Å². The fourth-order valence-corrected chi connectivity index (χ4v) is 11.4. The molecule has 0 radical (unpaired) electrons. The molecule has 1 saturated carbocycles. The largest absolute Gasteiger partial charge is 0.493 e. The van der Waals surface area contributed by atoms with Crippen LogP contribution in [0.25, 0.3) is 22.6 Å². The number of rotatable bonds is 7. The summed E-state index contributed by atoms with van der Waals surface area (Å²) < 4.78 is 14.0. The maximum Gasteiger partial charge on any atom is 0.227 e. The molecule has 6 rings (SSSR count). The van der Waals surface area contributed by atoms with Crippen LogP contribution in [0.3, 0.4) is 0 Å². The number of ether oxygens (including phenoxy) is 1. The lowest BCUT2D eigenvalue weighted by atomic mass is 10.1. The number of hydrogen-bond donors (Lipinski definition) is 2. The summed E-state index contributed by atoms with van der Waals surface area (Å²) in [6.07, 6.45) is 4.47.